The van der Waals surface area contributed by atoms with Crippen molar-refractivity contribution in [3.8, 4) is 5.75 Å². The van der Waals surface area contributed by atoms with Crippen molar-refractivity contribution in [3.63, 3.8) is 0 Å². The number of carboxylic acids is 1. The number of carbonyl (C=O) groups is 1. The van der Waals surface area contributed by atoms with Crippen molar-refractivity contribution in [2.45, 2.75) is 19.3 Å². The summed E-state index contributed by atoms with van der Waals surface area (Å²) in [6.45, 7) is 1.82. The van der Waals surface area contributed by atoms with Gasteiger partial charge in [0, 0.05) is 5.02 Å². The molecule has 3 nitrogen and oxygen atoms in total. The largest absolute Gasteiger partial charge is 0.497 e. The summed E-state index contributed by atoms with van der Waals surface area (Å²) in [4.78, 5) is 10.9. The van der Waals surface area contributed by atoms with Crippen LogP contribution in [0.2, 0.25) is 5.02 Å². The lowest BCUT2D eigenvalue weighted by Crippen LogP contribution is -2.10. The smallest absolute Gasteiger partial charge is 0.311 e. The molecule has 4 heteroatoms. The van der Waals surface area contributed by atoms with E-state index in [0.717, 1.165) is 0 Å². The first kappa shape index (κ1) is 11.9. The molecule has 0 saturated heterocycles. The zero-order valence-electron chi connectivity index (χ0n) is 8.66. The Morgan fingerprint density at radius 1 is 1.60 bits per heavy atom. The van der Waals surface area contributed by atoms with E-state index in [9.17, 15) is 4.79 Å². The van der Waals surface area contributed by atoms with Crippen LogP contribution >= 0.6 is 11.6 Å². The number of carboxylic acid groups (broad SMARTS) is 1. The fraction of sp³-hybridized carbons (Fsp3) is 0.364. The molecule has 0 saturated carbocycles. The first-order valence-corrected chi connectivity index (χ1v) is 5.04. The number of hydrogen-bond donors (Lipinski definition) is 1. The minimum atomic E-state index is -0.857. The molecule has 0 heterocycles. The first-order chi connectivity index (χ1) is 7.10. The van der Waals surface area contributed by atoms with E-state index < -0.39 is 11.9 Å². The van der Waals surface area contributed by atoms with E-state index in [1.165, 1.54) is 0 Å². The normalized spacial score (nSPS) is 12.2. The third-order valence-electron chi connectivity index (χ3n) is 2.29. The van der Waals surface area contributed by atoms with E-state index in [1.807, 2.05) is 6.92 Å². The Labute approximate surface area is 93.6 Å². The zero-order chi connectivity index (χ0) is 11.4. The highest BCUT2D eigenvalue weighted by Gasteiger charge is 2.20. The first-order valence-electron chi connectivity index (χ1n) is 4.66. The molecular weight excluding hydrogens is 216 g/mol. The number of benzene rings is 1. The van der Waals surface area contributed by atoms with Gasteiger partial charge in [0.1, 0.15) is 5.75 Å². The van der Waals surface area contributed by atoms with Gasteiger partial charge in [-0.15, -0.1) is 0 Å². The molecular formula is C11H13ClO3. The summed E-state index contributed by atoms with van der Waals surface area (Å²) in [6, 6.07) is 5.04. The Kier molecular flexibility index (Phi) is 3.97. The van der Waals surface area contributed by atoms with Crippen LogP contribution in [-0.4, -0.2) is 18.2 Å². The molecule has 0 bridgehead atoms. The van der Waals surface area contributed by atoms with E-state index >= 15 is 0 Å². The van der Waals surface area contributed by atoms with Crippen LogP contribution in [0.3, 0.4) is 0 Å². The molecule has 0 aliphatic heterocycles. The summed E-state index contributed by atoms with van der Waals surface area (Å²) in [5, 5.41) is 9.42. The van der Waals surface area contributed by atoms with Crippen molar-refractivity contribution in [2.75, 3.05) is 7.11 Å². The standard InChI is InChI=1S/C11H13ClO3/c1-3-8(11(13)14)9-5-4-7(15-2)6-10(9)12/h4-6,8H,3H2,1-2H3,(H,13,14). The summed E-state index contributed by atoms with van der Waals surface area (Å²) in [5.41, 5.74) is 0.632. The molecule has 0 aliphatic carbocycles. The van der Waals surface area contributed by atoms with Crippen LogP contribution in [0.25, 0.3) is 0 Å². The average molecular weight is 229 g/mol. The number of hydrogen-bond acceptors (Lipinski definition) is 2. The van der Waals surface area contributed by atoms with Gasteiger partial charge in [-0.2, -0.15) is 0 Å². The van der Waals surface area contributed by atoms with Gasteiger partial charge in [0.05, 0.1) is 13.0 Å². The Bertz CT molecular complexity index is 363. The Morgan fingerprint density at radius 2 is 2.27 bits per heavy atom. The maximum absolute atomic E-state index is 10.9. The van der Waals surface area contributed by atoms with E-state index in [-0.39, 0.29) is 0 Å². The molecule has 0 spiro atoms. The minimum absolute atomic E-state index is 0.434. The summed E-state index contributed by atoms with van der Waals surface area (Å²) in [6.07, 6.45) is 0.515. The highest BCUT2D eigenvalue weighted by atomic mass is 35.5. The molecule has 1 rings (SSSR count). The molecule has 0 aromatic heterocycles. The molecule has 0 fully saturated rings. The average Bonchev–Trinajstić information content (AvgIpc) is 2.20. The highest BCUT2D eigenvalue weighted by molar-refractivity contribution is 6.31. The van der Waals surface area contributed by atoms with Gasteiger partial charge >= 0.3 is 5.97 Å². The lowest BCUT2D eigenvalue weighted by molar-refractivity contribution is -0.138. The van der Waals surface area contributed by atoms with Crippen molar-refractivity contribution in [1.29, 1.82) is 0 Å². The fourth-order valence-corrected chi connectivity index (χ4v) is 1.75. The van der Waals surface area contributed by atoms with E-state index in [1.54, 1.807) is 25.3 Å². The second-order valence-corrected chi connectivity index (χ2v) is 3.59. The number of halogens is 1. The molecule has 0 radical (unpaired) electrons. The van der Waals surface area contributed by atoms with Gasteiger partial charge in [-0.25, -0.2) is 0 Å². The predicted octanol–water partition coefficient (Wildman–Crippen LogP) is 2.93. The second kappa shape index (κ2) is 5.03. The lowest BCUT2D eigenvalue weighted by atomic mass is 9.96. The zero-order valence-corrected chi connectivity index (χ0v) is 9.41. The van der Waals surface area contributed by atoms with Crippen LogP contribution in [0.4, 0.5) is 0 Å². The van der Waals surface area contributed by atoms with E-state index in [2.05, 4.69) is 0 Å². The topological polar surface area (TPSA) is 46.5 Å². The van der Waals surface area contributed by atoms with Crippen LogP contribution in [0.5, 0.6) is 5.75 Å². The lowest BCUT2D eigenvalue weighted by Gasteiger charge is -2.12. The van der Waals surface area contributed by atoms with E-state index in [4.69, 9.17) is 21.4 Å². The van der Waals surface area contributed by atoms with Gasteiger partial charge in [-0.3, -0.25) is 4.79 Å². The molecule has 0 aliphatic rings. The van der Waals surface area contributed by atoms with Crippen LogP contribution < -0.4 is 4.74 Å². The Balaban J connectivity index is 3.08. The van der Waals surface area contributed by atoms with Crippen molar-refractivity contribution >= 4 is 17.6 Å². The van der Waals surface area contributed by atoms with Gasteiger partial charge in [-0.1, -0.05) is 24.6 Å². The maximum atomic E-state index is 10.9. The number of aliphatic carboxylic acids is 1. The maximum Gasteiger partial charge on any atom is 0.311 e. The van der Waals surface area contributed by atoms with Gasteiger partial charge in [0.15, 0.2) is 0 Å². The molecule has 1 aromatic rings. The summed E-state index contributed by atoms with van der Waals surface area (Å²) in [5.74, 6) is -0.781. The minimum Gasteiger partial charge on any atom is -0.497 e. The molecule has 1 unspecified atom stereocenters. The Hall–Kier alpha value is -1.22. The fourth-order valence-electron chi connectivity index (χ4n) is 1.44. The second-order valence-electron chi connectivity index (χ2n) is 3.19. The molecule has 82 valence electrons. The van der Waals surface area contributed by atoms with Crippen LogP contribution in [0, 0.1) is 0 Å². The van der Waals surface area contributed by atoms with Gasteiger partial charge in [-0.05, 0) is 24.1 Å². The molecule has 1 aromatic carbocycles. The number of rotatable bonds is 4. The van der Waals surface area contributed by atoms with Crippen molar-refractivity contribution < 1.29 is 14.6 Å². The predicted molar refractivity (Wildman–Crippen MR) is 58.7 cm³/mol. The van der Waals surface area contributed by atoms with Crippen LogP contribution in [0.1, 0.15) is 24.8 Å². The summed E-state index contributed by atoms with van der Waals surface area (Å²) in [7, 11) is 1.54. The number of methoxy groups -OCH3 is 1. The molecule has 0 amide bonds. The highest BCUT2D eigenvalue weighted by Crippen LogP contribution is 2.30. The molecule has 1 N–H and O–H groups in total. The monoisotopic (exact) mass is 228 g/mol. The quantitative estimate of drug-likeness (QED) is 0.862. The van der Waals surface area contributed by atoms with Crippen LogP contribution in [-0.2, 0) is 4.79 Å². The van der Waals surface area contributed by atoms with Crippen molar-refractivity contribution in [2.24, 2.45) is 0 Å². The summed E-state index contributed by atoms with van der Waals surface area (Å²) >= 11 is 5.98. The third kappa shape index (κ3) is 2.63. The Morgan fingerprint density at radius 3 is 2.67 bits per heavy atom. The van der Waals surface area contributed by atoms with Crippen molar-refractivity contribution in [3.05, 3.63) is 28.8 Å². The number of ether oxygens (including phenoxy) is 1. The SMILES string of the molecule is CCC(C(=O)O)c1ccc(OC)cc1Cl. The van der Waals surface area contributed by atoms with E-state index in [0.29, 0.717) is 22.8 Å². The van der Waals surface area contributed by atoms with Gasteiger partial charge < -0.3 is 9.84 Å². The van der Waals surface area contributed by atoms with Crippen LogP contribution in [0.15, 0.2) is 18.2 Å². The van der Waals surface area contributed by atoms with Crippen molar-refractivity contribution in [1.82, 2.24) is 0 Å². The third-order valence-corrected chi connectivity index (χ3v) is 2.62. The molecule has 15 heavy (non-hydrogen) atoms. The summed E-state index contributed by atoms with van der Waals surface area (Å²) < 4.78 is 4.99. The van der Waals surface area contributed by atoms with Gasteiger partial charge in [0.2, 0.25) is 0 Å². The molecule has 1 atom stereocenters. The van der Waals surface area contributed by atoms with Gasteiger partial charge in [0.25, 0.3) is 0 Å².